The lowest BCUT2D eigenvalue weighted by atomic mass is 10.1. The van der Waals surface area contributed by atoms with E-state index < -0.39 is 0 Å². The Hall–Kier alpha value is -4.11. The van der Waals surface area contributed by atoms with Crippen LogP contribution in [0.5, 0.6) is 0 Å². The number of nitrogens with one attached hydrogen (secondary N) is 1. The topological polar surface area (TPSA) is 92.1 Å². The Morgan fingerprint density at radius 3 is 2.54 bits per heavy atom. The summed E-state index contributed by atoms with van der Waals surface area (Å²) in [6.07, 6.45) is 9.65. The number of rotatable bonds is 6. The van der Waals surface area contributed by atoms with Gasteiger partial charge in [-0.2, -0.15) is 5.10 Å². The van der Waals surface area contributed by atoms with Crippen LogP contribution in [-0.2, 0) is 6.54 Å². The fourth-order valence-corrected chi connectivity index (χ4v) is 5.34. The smallest absolute Gasteiger partial charge is 0.253 e. The SMILES string of the molecule is CCn1cc(-c2ccnc(Nc3ccc(C(=O)N4CC5CCC(C4)N5C)cc3)n2)c(-c2cccnc2)n1. The Balaban J connectivity index is 1.19. The van der Waals surface area contributed by atoms with Crippen molar-refractivity contribution in [1.29, 1.82) is 0 Å². The van der Waals surface area contributed by atoms with Gasteiger partial charge in [0.2, 0.25) is 5.95 Å². The summed E-state index contributed by atoms with van der Waals surface area (Å²) in [5.74, 6) is 0.583. The van der Waals surface area contributed by atoms with Crippen molar-refractivity contribution < 1.29 is 4.79 Å². The van der Waals surface area contributed by atoms with E-state index in [1.165, 1.54) is 12.8 Å². The second-order valence-electron chi connectivity index (χ2n) is 9.72. The summed E-state index contributed by atoms with van der Waals surface area (Å²) < 4.78 is 1.90. The number of piperazine rings is 1. The molecule has 37 heavy (non-hydrogen) atoms. The normalized spacial score (nSPS) is 19.2. The average molecular weight is 495 g/mol. The van der Waals surface area contributed by atoms with E-state index in [1.54, 1.807) is 12.4 Å². The maximum absolute atomic E-state index is 13.1. The minimum atomic E-state index is 0.102. The van der Waals surface area contributed by atoms with Gasteiger partial charge in [-0.25, -0.2) is 9.97 Å². The number of hydrogen-bond acceptors (Lipinski definition) is 7. The number of fused-ring (bicyclic) bond motifs is 2. The van der Waals surface area contributed by atoms with E-state index in [-0.39, 0.29) is 5.91 Å². The summed E-state index contributed by atoms with van der Waals surface area (Å²) in [5.41, 5.74) is 4.99. The van der Waals surface area contributed by atoms with Crippen molar-refractivity contribution in [3.05, 3.63) is 72.8 Å². The van der Waals surface area contributed by atoms with Crippen LogP contribution < -0.4 is 5.32 Å². The van der Waals surface area contributed by atoms with Crippen LogP contribution in [-0.4, -0.2) is 72.7 Å². The van der Waals surface area contributed by atoms with Gasteiger partial charge in [0.1, 0.15) is 5.69 Å². The molecule has 1 aromatic carbocycles. The second-order valence-corrected chi connectivity index (χ2v) is 9.72. The Labute approximate surface area is 216 Å². The molecule has 2 aliphatic rings. The highest BCUT2D eigenvalue weighted by molar-refractivity contribution is 5.94. The predicted molar refractivity (Wildman–Crippen MR) is 142 cm³/mol. The van der Waals surface area contributed by atoms with Crippen LogP contribution in [0.15, 0.2) is 67.3 Å². The van der Waals surface area contributed by atoms with E-state index in [0.29, 0.717) is 23.6 Å². The molecule has 2 saturated heterocycles. The highest BCUT2D eigenvalue weighted by Crippen LogP contribution is 2.31. The molecule has 0 saturated carbocycles. The summed E-state index contributed by atoms with van der Waals surface area (Å²) in [6.45, 7) is 4.42. The number of aromatic nitrogens is 5. The Morgan fingerprint density at radius 1 is 1.05 bits per heavy atom. The zero-order chi connectivity index (χ0) is 25.4. The molecule has 5 heterocycles. The molecule has 2 bridgehead atoms. The number of amides is 1. The van der Waals surface area contributed by atoms with Crippen LogP contribution in [0.4, 0.5) is 11.6 Å². The number of carbonyl (C=O) groups is 1. The number of pyridine rings is 1. The molecule has 0 spiro atoms. The molecule has 1 amide bonds. The predicted octanol–water partition coefficient (Wildman–Crippen LogP) is 4.08. The first-order chi connectivity index (χ1) is 18.1. The standard InChI is InChI=1S/C28H30N8O/c1-3-36-18-24(26(33-36)20-5-4-13-29-15-20)25-12-14-30-28(32-25)31-21-8-6-19(7-9-21)27(37)35-16-22-10-11-23(17-35)34(22)2/h4-9,12-15,18,22-23H,3,10-11,16-17H2,1-2H3,(H,30,31,32). The zero-order valence-corrected chi connectivity index (χ0v) is 21.1. The molecule has 1 N–H and O–H groups in total. The Bertz CT molecular complexity index is 1390. The molecule has 2 atom stereocenters. The third kappa shape index (κ3) is 4.58. The molecule has 2 fully saturated rings. The summed E-state index contributed by atoms with van der Waals surface area (Å²) >= 11 is 0. The fourth-order valence-electron chi connectivity index (χ4n) is 5.34. The third-order valence-electron chi connectivity index (χ3n) is 7.47. The molecule has 3 aromatic heterocycles. The lowest BCUT2D eigenvalue weighted by Gasteiger charge is -2.38. The zero-order valence-electron chi connectivity index (χ0n) is 21.1. The summed E-state index contributed by atoms with van der Waals surface area (Å²) in [4.78, 5) is 31.0. The van der Waals surface area contributed by atoms with Crippen LogP contribution in [0.2, 0.25) is 0 Å². The number of benzene rings is 1. The first-order valence-electron chi connectivity index (χ1n) is 12.8. The number of nitrogens with zero attached hydrogens (tertiary/aromatic N) is 7. The quantitative estimate of drug-likeness (QED) is 0.432. The number of carbonyl (C=O) groups excluding carboxylic acids is 1. The summed E-state index contributed by atoms with van der Waals surface area (Å²) in [7, 11) is 2.18. The molecule has 9 nitrogen and oxygen atoms in total. The largest absolute Gasteiger partial charge is 0.336 e. The van der Waals surface area contributed by atoms with E-state index in [1.807, 2.05) is 64.4 Å². The first-order valence-corrected chi connectivity index (χ1v) is 12.8. The van der Waals surface area contributed by atoms with Gasteiger partial charge >= 0.3 is 0 Å². The van der Waals surface area contributed by atoms with Crippen LogP contribution >= 0.6 is 0 Å². The van der Waals surface area contributed by atoms with Gasteiger partial charge in [0.15, 0.2) is 0 Å². The van der Waals surface area contributed by atoms with E-state index >= 15 is 0 Å². The number of aryl methyl sites for hydroxylation is 1. The highest BCUT2D eigenvalue weighted by Gasteiger charge is 2.39. The van der Waals surface area contributed by atoms with Crippen molar-refractivity contribution in [3.8, 4) is 22.5 Å². The van der Waals surface area contributed by atoms with Gasteiger partial charge in [0.05, 0.1) is 5.69 Å². The van der Waals surface area contributed by atoms with Gasteiger partial charge in [-0.3, -0.25) is 19.4 Å². The molecule has 0 aliphatic carbocycles. The van der Waals surface area contributed by atoms with Crippen molar-refractivity contribution in [3.63, 3.8) is 0 Å². The van der Waals surface area contributed by atoms with Crippen molar-refractivity contribution in [2.45, 2.75) is 38.4 Å². The molecule has 6 rings (SSSR count). The molecule has 2 aliphatic heterocycles. The maximum atomic E-state index is 13.1. The number of likely N-dealkylation sites (tertiary alicyclic amines) is 1. The lowest BCUT2D eigenvalue weighted by molar-refractivity contribution is 0.0524. The fraction of sp³-hybridized carbons (Fsp3) is 0.321. The van der Waals surface area contributed by atoms with Crippen molar-refractivity contribution in [1.82, 2.24) is 34.5 Å². The van der Waals surface area contributed by atoms with Crippen LogP contribution in [0, 0.1) is 0 Å². The molecule has 9 heteroatoms. The number of hydrogen-bond donors (Lipinski definition) is 1. The van der Waals surface area contributed by atoms with Gasteiger partial charge in [0.25, 0.3) is 5.91 Å². The van der Waals surface area contributed by atoms with Crippen LogP contribution in [0.25, 0.3) is 22.5 Å². The number of likely N-dealkylation sites (N-methyl/N-ethyl adjacent to an activating group) is 1. The highest BCUT2D eigenvalue weighted by atomic mass is 16.2. The van der Waals surface area contributed by atoms with Crippen molar-refractivity contribution in [2.75, 3.05) is 25.5 Å². The van der Waals surface area contributed by atoms with E-state index in [4.69, 9.17) is 10.1 Å². The molecule has 188 valence electrons. The van der Waals surface area contributed by atoms with E-state index in [2.05, 4.69) is 34.2 Å². The van der Waals surface area contributed by atoms with Crippen LogP contribution in [0.3, 0.4) is 0 Å². The van der Waals surface area contributed by atoms with E-state index in [9.17, 15) is 4.79 Å². The molecule has 4 aromatic rings. The van der Waals surface area contributed by atoms with Gasteiger partial charge in [-0.1, -0.05) is 0 Å². The van der Waals surface area contributed by atoms with Gasteiger partial charge in [-0.15, -0.1) is 0 Å². The minimum absolute atomic E-state index is 0.102. The average Bonchev–Trinajstić information content (AvgIpc) is 3.45. The monoisotopic (exact) mass is 494 g/mol. The van der Waals surface area contributed by atoms with E-state index in [0.717, 1.165) is 47.8 Å². The molecular weight excluding hydrogens is 464 g/mol. The molecule has 2 unspecified atom stereocenters. The maximum Gasteiger partial charge on any atom is 0.253 e. The van der Waals surface area contributed by atoms with Crippen molar-refractivity contribution in [2.24, 2.45) is 0 Å². The minimum Gasteiger partial charge on any atom is -0.336 e. The number of anilines is 2. The van der Waals surface area contributed by atoms with Gasteiger partial charge < -0.3 is 10.2 Å². The molecular formula is C28H30N8O. The first kappa shape index (κ1) is 23.3. The Kier molecular flexibility index (Phi) is 6.13. The van der Waals surface area contributed by atoms with Crippen molar-refractivity contribution >= 4 is 17.5 Å². The summed E-state index contributed by atoms with van der Waals surface area (Å²) in [5, 5.41) is 8.00. The summed E-state index contributed by atoms with van der Waals surface area (Å²) in [6, 6.07) is 14.3. The third-order valence-corrected chi connectivity index (χ3v) is 7.47. The Morgan fingerprint density at radius 2 is 1.84 bits per heavy atom. The molecule has 0 radical (unpaired) electrons. The van der Waals surface area contributed by atoms with Gasteiger partial charge in [-0.05, 0) is 69.3 Å². The van der Waals surface area contributed by atoms with Gasteiger partial charge in [0, 0.05) is 78.9 Å². The lowest BCUT2D eigenvalue weighted by Crippen LogP contribution is -2.53. The van der Waals surface area contributed by atoms with Crippen LogP contribution in [0.1, 0.15) is 30.1 Å². The second kappa shape index (κ2) is 9.74.